The van der Waals surface area contributed by atoms with Gasteiger partial charge in [-0.2, -0.15) is 0 Å². The molecule has 0 unspecified atom stereocenters. The van der Waals surface area contributed by atoms with Crippen molar-refractivity contribution in [3.8, 4) is 0 Å². The van der Waals surface area contributed by atoms with E-state index in [2.05, 4.69) is 24.0 Å². The summed E-state index contributed by atoms with van der Waals surface area (Å²) in [5, 5.41) is 0.751. The van der Waals surface area contributed by atoms with Gasteiger partial charge >= 0.3 is 0 Å². The molecule has 0 bridgehead atoms. The number of thioether (sulfide) groups is 1. The second kappa shape index (κ2) is 9.69. The first-order chi connectivity index (χ1) is 13.8. The van der Waals surface area contributed by atoms with Gasteiger partial charge in [0.25, 0.3) is 0 Å². The molecule has 0 fully saturated rings. The highest BCUT2D eigenvalue weighted by Gasteiger charge is 2.21. The van der Waals surface area contributed by atoms with E-state index in [4.69, 9.17) is 4.98 Å². The molecule has 7 heteroatoms. The summed E-state index contributed by atoms with van der Waals surface area (Å²) in [6.45, 7) is 5.65. The Morgan fingerprint density at radius 2 is 1.76 bits per heavy atom. The highest BCUT2D eigenvalue weighted by Crippen LogP contribution is 2.33. The number of carbonyl (C=O) groups is 1. The van der Waals surface area contributed by atoms with Crippen LogP contribution in [0.1, 0.15) is 17.5 Å². The molecule has 1 aromatic heterocycles. The highest BCUT2D eigenvalue weighted by molar-refractivity contribution is 8.00. The van der Waals surface area contributed by atoms with Gasteiger partial charge in [0, 0.05) is 11.4 Å². The summed E-state index contributed by atoms with van der Waals surface area (Å²) in [4.78, 5) is 22.7. The first kappa shape index (κ1) is 21.7. The van der Waals surface area contributed by atoms with Gasteiger partial charge in [-0.25, -0.2) is 9.37 Å². The molecule has 0 saturated heterocycles. The summed E-state index contributed by atoms with van der Waals surface area (Å²) in [5.41, 5.74) is 3.27. The van der Waals surface area contributed by atoms with Gasteiger partial charge in [-0.3, -0.25) is 9.69 Å². The van der Waals surface area contributed by atoms with Crippen LogP contribution in [-0.2, 0) is 4.79 Å². The summed E-state index contributed by atoms with van der Waals surface area (Å²) in [5.74, 6) is 0.0419. The molecule has 0 saturated carbocycles. The fraction of sp³-hybridized carbons (Fsp3) is 0.364. The molecular weight excluding hydrogens is 405 g/mol. The van der Waals surface area contributed by atoms with Crippen LogP contribution in [0.15, 0.2) is 41.3 Å². The SMILES string of the molecule is Cc1ccc(C)c2sc(N(CCCN(C)C)C(=O)CSc3ccc(F)cc3)nc12. The third-order valence-corrected chi connectivity index (χ3v) is 6.84. The van der Waals surface area contributed by atoms with Crippen molar-refractivity contribution in [3.63, 3.8) is 0 Å². The number of benzene rings is 2. The maximum Gasteiger partial charge on any atom is 0.239 e. The normalized spacial score (nSPS) is 11.4. The van der Waals surface area contributed by atoms with Crippen LogP contribution in [0.3, 0.4) is 0 Å². The molecule has 4 nitrogen and oxygen atoms in total. The van der Waals surface area contributed by atoms with E-state index in [-0.39, 0.29) is 11.7 Å². The van der Waals surface area contributed by atoms with Crippen molar-refractivity contribution in [2.45, 2.75) is 25.2 Å². The summed E-state index contributed by atoms with van der Waals surface area (Å²) in [6, 6.07) is 10.4. The first-order valence-electron chi connectivity index (χ1n) is 9.55. The Morgan fingerprint density at radius 3 is 2.41 bits per heavy atom. The number of anilines is 1. The number of carbonyl (C=O) groups excluding carboxylic acids is 1. The summed E-state index contributed by atoms with van der Waals surface area (Å²) >= 11 is 3.00. The van der Waals surface area contributed by atoms with Crippen LogP contribution >= 0.6 is 23.1 Å². The quantitative estimate of drug-likeness (QED) is 0.463. The molecule has 2 aromatic carbocycles. The minimum absolute atomic E-state index is 0.0208. The van der Waals surface area contributed by atoms with Gasteiger partial charge in [0.1, 0.15) is 5.82 Å². The Balaban J connectivity index is 1.81. The summed E-state index contributed by atoms with van der Waals surface area (Å²) < 4.78 is 14.2. The average Bonchev–Trinajstić information content (AvgIpc) is 3.14. The lowest BCUT2D eigenvalue weighted by atomic mass is 10.1. The number of aryl methyl sites for hydroxylation is 2. The fourth-order valence-corrected chi connectivity index (χ4v) is 4.92. The molecule has 0 aliphatic heterocycles. The zero-order chi connectivity index (χ0) is 21.0. The van der Waals surface area contributed by atoms with Gasteiger partial charge in [0.15, 0.2) is 5.13 Å². The van der Waals surface area contributed by atoms with Gasteiger partial charge in [-0.05, 0) is 76.3 Å². The van der Waals surface area contributed by atoms with Gasteiger partial charge in [0.05, 0.1) is 16.0 Å². The van der Waals surface area contributed by atoms with Crippen molar-refractivity contribution in [2.75, 3.05) is 37.8 Å². The molecule has 29 heavy (non-hydrogen) atoms. The maximum absolute atomic E-state index is 13.1. The topological polar surface area (TPSA) is 36.4 Å². The molecule has 0 N–H and O–H groups in total. The molecule has 0 aliphatic carbocycles. The number of amides is 1. The number of aromatic nitrogens is 1. The molecule has 0 radical (unpaired) electrons. The Hall–Kier alpha value is -1.96. The number of nitrogens with zero attached hydrogens (tertiary/aromatic N) is 3. The summed E-state index contributed by atoms with van der Waals surface area (Å²) in [7, 11) is 4.06. The molecule has 0 atom stereocenters. The van der Waals surface area contributed by atoms with E-state index in [1.54, 1.807) is 23.5 Å². The van der Waals surface area contributed by atoms with E-state index < -0.39 is 0 Å². The van der Waals surface area contributed by atoms with E-state index >= 15 is 0 Å². The van der Waals surface area contributed by atoms with Crippen molar-refractivity contribution in [3.05, 3.63) is 53.3 Å². The van der Waals surface area contributed by atoms with Crippen LogP contribution in [0, 0.1) is 19.7 Å². The number of hydrogen-bond donors (Lipinski definition) is 0. The second-order valence-corrected chi connectivity index (χ2v) is 9.34. The molecule has 1 heterocycles. The summed E-state index contributed by atoms with van der Waals surface area (Å²) in [6.07, 6.45) is 0.869. The number of rotatable bonds is 8. The molecule has 3 aromatic rings. The standard InChI is InChI=1S/C22H26FN3OS2/c1-15-6-7-16(2)21-20(15)24-22(29-21)26(13-5-12-25(3)4)19(27)14-28-18-10-8-17(23)9-11-18/h6-11H,5,12-14H2,1-4H3. The third kappa shape index (κ3) is 5.56. The third-order valence-electron chi connectivity index (χ3n) is 4.63. The Bertz CT molecular complexity index is 947. The lowest BCUT2D eigenvalue weighted by Crippen LogP contribution is -2.34. The van der Waals surface area contributed by atoms with Gasteiger partial charge in [0.2, 0.25) is 5.91 Å². The van der Waals surface area contributed by atoms with E-state index in [9.17, 15) is 9.18 Å². The zero-order valence-corrected chi connectivity index (χ0v) is 18.9. The number of fused-ring (bicyclic) bond motifs is 1. The van der Waals surface area contributed by atoms with Crippen LogP contribution in [0.5, 0.6) is 0 Å². The van der Waals surface area contributed by atoms with Crippen molar-refractivity contribution < 1.29 is 9.18 Å². The number of hydrogen-bond acceptors (Lipinski definition) is 5. The van der Waals surface area contributed by atoms with Crippen LogP contribution in [0.4, 0.5) is 9.52 Å². The fourth-order valence-electron chi connectivity index (χ4n) is 2.99. The lowest BCUT2D eigenvalue weighted by molar-refractivity contribution is -0.116. The Kier molecular flexibility index (Phi) is 7.27. The lowest BCUT2D eigenvalue weighted by Gasteiger charge is -2.21. The monoisotopic (exact) mass is 431 g/mol. The van der Waals surface area contributed by atoms with Crippen molar-refractivity contribution in [1.29, 1.82) is 0 Å². The number of thiazole rings is 1. The predicted octanol–water partition coefficient (Wildman–Crippen LogP) is 5.13. The smallest absolute Gasteiger partial charge is 0.239 e. The molecule has 154 valence electrons. The van der Waals surface area contributed by atoms with Crippen LogP contribution in [0.25, 0.3) is 10.2 Å². The number of halogens is 1. The van der Waals surface area contributed by atoms with E-state index in [1.165, 1.54) is 29.5 Å². The predicted molar refractivity (Wildman–Crippen MR) is 122 cm³/mol. The first-order valence-corrected chi connectivity index (χ1v) is 11.4. The minimum atomic E-state index is -0.272. The molecule has 0 spiro atoms. The zero-order valence-electron chi connectivity index (χ0n) is 17.2. The minimum Gasteiger partial charge on any atom is -0.309 e. The Labute approximate surface area is 179 Å². The molecule has 3 rings (SSSR count). The highest BCUT2D eigenvalue weighted by atomic mass is 32.2. The largest absolute Gasteiger partial charge is 0.309 e. The Morgan fingerprint density at radius 1 is 1.07 bits per heavy atom. The molecular formula is C22H26FN3OS2. The molecule has 1 amide bonds. The van der Waals surface area contributed by atoms with Gasteiger partial charge in [-0.1, -0.05) is 23.5 Å². The van der Waals surface area contributed by atoms with Crippen LogP contribution in [-0.4, -0.2) is 48.7 Å². The average molecular weight is 432 g/mol. The van der Waals surface area contributed by atoms with E-state index in [0.717, 1.165) is 38.8 Å². The maximum atomic E-state index is 13.1. The van der Waals surface area contributed by atoms with E-state index in [1.807, 2.05) is 25.9 Å². The molecule has 0 aliphatic rings. The van der Waals surface area contributed by atoms with E-state index in [0.29, 0.717) is 12.3 Å². The van der Waals surface area contributed by atoms with Crippen molar-refractivity contribution in [2.24, 2.45) is 0 Å². The van der Waals surface area contributed by atoms with Crippen LogP contribution < -0.4 is 4.90 Å². The van der Waals surface area contributed by atoms with Gasteiger partial charge in [-0.15, -0.1) is 11.8 Å². The van der Waals surface area contributed by atoms with Crippen molar-refractivity contribution >= 4 is 44.4 Å². The van der Waals surface area contributed by atoms with Crippen LogP contribution in [0.2, 0.25) is 0 Å². The van der Waals surface area contributed by atoms with Gasteiger partial charge < -0.3 is 4.90 Å². The van der Waals surface area contributed by atoms with Crippen molar-refractivity contribution in [1.82, 2.24) is 9.88 Å². The second-order valence-electron chi connectivity index (χ2n) is 7.32.